The number of carbonyl (C=O) groups is 1. The Balaban J connectivity index is 2.21. The van der Waals surface area contributed by atoms with E-state index in [9.17, 15) is 9.90 Å². The van der Waals surface area contributed by atoms with Crippen molar-refractivity contribution in [2.45, 2.75) is 129 Å². The smallest absolute Gasteiger partial charge is 0.339 e. The molecule has 0 fully saturated rings. The van der Waals surface area contributed by atoms with Gasteiger partial charge in [-0.3, -0.25) is 0 Å². The predicted molar refractivity (Wildman–Crippen MR) is 163 cm³/mol. The normalized spacial score (nSPS) is 12.2. The van der Waals surface area contributed by atoms with Gasteiger partial charge < -0.3 is 14.0 Å². The van der Waals surface area contributed by atoms with Crippen molar-refractivity contribution in [2.75, 3.05) is 0 Å². The lowest BCUT2D eigenvalue weighted by molar-refractivity contribution is 0.0694. The molecule has 2 aromatic carbocycles. The van der Waals surface area contributed by atoms with Crippen LogP contribution in [0, 0.1) is 0 Å². The summed E-state index contributed by atoms with van der Waals surface area (Å²) in [4.78, 5) is 12.4. The highest BCUT2D eigenvalue weighted by Crippen LogP contribution is 2.40. The molecule has 2 aromatic rings. The molecule has 0 aliphatic heterocycles. The van der Waals surface area contributed by atoms with Gasteiger partial charge in [-0.25, -0.2) is 4.79 Å². The number of hydrogen-bond donors (Lipinski definition) is 1. The minimum atomic E-state index is -2.10. The van der Waals surface area contributed by atoms with Gasteiger partial charge in [-0.1, -0.05) is 115 Å². The van der Waals surface area contributed by atoms with Crippen LogP contribution in [-0.4, -0.2) is 27.7 Å². The Morgan fingerprint density at radius 1 is 0.703 bits per heavy atom. The van der Waals surface area contributed by atoms with Crippen LogP contribution in [0.15, 0.2) is 30.3 Å². The lowest BCUT2D eigenvalue weighted by Gasteiger charge is -2.29. The van der Waals surface area contributed by atoms with Crippen molar-refractivity contribution in [1.29, 1.82) is 0 Å². The van der Waals surface area contributed by atoms with E-state index in [-0.39, 0.29) is 5.56 Å². The lowest BCUT2D eigenvalue weighted by Crippen LogP contribution is -2.35. The van der Waals surface area contributed by atoms with Crippen molar-refractivity contribution in [1.82, 2.24) is 0 Å². The van der Waals surface area contributed by atoms with Crippen LogP contribution in [0.3, 0.4) is 0 Å². The summed E-state index contributed by atoms with van der Waals surface area (Å²) in [5.41, 5.74) is 0.224. The first-order chi connectivity index (χ1) is 17.6. The van der Waals surface area contributed by atoms with Crippen molar-refractivity contribution >= 4 is 33.4 Å². The third kappa shape index (κ3) is 10.8. The number of hydrogen-bond acceptors (Lipinski definition) is 3. The molecule has 0 bridgehead atoms. The summed E-state index contributed by atoms with van der Waals surface area (Å²) in [6, 6.07) is 11.8. The average Bonchev–Trinajstić information content (AvgIpc) is 2.84. The van der Waals surface area contributed by atoms with Crippen LogP contribution in [0.4, 0.5) is 0 Å². The van der Waals surface area contributed by atoms with Crippen LogP contribution < -0.4 is 8.85 Å². The van der Waals surface area contributed by atoms with Crippen molar-refractivity contribution in [3.8, 4) is 11.5 Å². The van der Waals surface area contributed by atoms with E-state index in [2.05, 4.69) is 40.0 Å². The highest BCUT2D eigenvalue weighted by atomic mass is 28.4. The Labute approximate surface area is 228 Å². The molecule has 6 heteroatoms. The van der Waals surface area contributed by atoms with E-state index in [1.165, 1.54) is 70.6 Å². The van der Waals surface area contributed by atoms with E-state index in [0.29, 0.717) is 11.5 Å². The molecule has 0 saturated heterocycles. The summed E-state index contributed by atoms with van der Waals surface area (Å²) in [5.74, 6) is 0.261. The molecule has 0 saturated carbocycles. The van der Waals surface area contributed by atoms with Gasteiger partial charge in [0.25, 0.3) is 0 Å². The van der Waals surface area contributed by atoms with Gasteiger partial charge in [-0.2, -0.15) is 0 Å². The summed E-state index contributed by atoms with van der Waals surface area (Å²) in [5, 5.41) is 12.0. The van der Waals surface area contributed by atoms with E-state index in [4.69, 9.17) is 8.85 Å². The Morgan fingerprint density at radius 2 is 1.16 bits per heavy atom. The van der Waals surface area contributed by atoms with Crippen LogP contribution in [0.2, 0.25) is 38.3 Å². The third-order valence-electron chi connectivity index (χ3n) is 7.22. The SMILES string of the molecule is CCCCCCCC[Si](C)(C)Oc1cc(C(=O)O)c(O[Si](C)(C)CCCCCCCC)c2ccccc12. The molecule has 0 heterocycles. The van der Waals surface area contributed by atoms with E-state index in [1.807, 2.05) is 24.3 Å². The van der Waals surface area contributed by atoms with Gasteiger partial charge in [0, 0.05) is 10.8 Å². The first-order valence-corrected chi connectivity index (χ1v) is 21.0. The van der Waals surface area contributed by atoms with Crippen molar-refractivity contribution in [3.05, 3.63) is 35.9 Å². The molecular formula is C31H52O4Si2. The molecule has 0 radical (unpaired) electrons. The maximum absolute atomic E-state index is 12.4. The molecule has 0 amide bonds. The van der Waals surface area contributed by atoms with Crippen molar-refractivity contribution in [3.63, 3.8) is 0 Å². The molecule has 0 aromatic heterocycles. The highest BCUT2D eigenvalue weighted by Gasteiger charge is 2.30. The first-order valence-electron chi connectivity index (χ1n) is 14.8. The summed E-state index contributed by atoms with van der Waals surface area (Å²) >= 11 is 0. The van der Waals surface area contributed by atoms with Gasteiger partial charge in [0.05, 0.1) is 0 Å². The zero-order chi connectivity index (χ0) is 27.3. The van der Waals surface area contributed by atoms with Gasteiger partial charge in [0.1, 0.15) is 17.1 Å². The minimum Gasteiger partial charge on any atom is -0.544 e. The predicted octanol–water partition coefficient (Wildman–Crippen LogP) is 10.4. The Kier molecular flexibility index (Phi) is 13.2. The fraction of sp³-hybridized carbons (Fsp3) is 0.645. The van der Waals surface area contributed by atoms with E-state index in [0.717, 1.165) is 29.3 Å². The van der Waals surface area contributed by atoms with Crippen LogP contribution in [-0.2, 0) is 0 Å². The van der Waals surface area contributed by atoms with Crippen molar-refractivity contribution < 1.29 is 18.8 Å². The van der Waals surface area contributed by atoms with Crippen LogP contribution in [0.5, 0.6) is 11.5 Å². The van der Waals surface area contributed by atoms with Crippen LogP contribution in [0.25, 0.3) is 10.8 Å². The van der Waals surface area contributed by atoms with E-state index < -0.39 is 22.6 Å². The molecule has 0 atom stereocenters. The molecule has 4 nitrogen and oxygen atoms in total. The summed E-state index contributed by atoms with van der Waals surface area (Å²) < 4.78 is 13.3. The topological polar surface area (TPSA) is 55.8 Å². The lowest BCUT2D eigenvalue weighted by atomic mass is 10.0. The second-order valence-corrected chi connectivity index (χ2v) is 20.3. The maximum Gasteiger partial charge on any atom is 0.339 e. The van der Waals surface area contributed by atoms with Crippen LogP contribution >= 0.6 is 0 Å². The molecule has 208 valence electrons. The van der Waals surface area contributed by atoms with Gasteiger partial charge in [-0.05, 0) is 44.3 Å². The Hall–Kier alpha value is -1.80. The molecule has 1 N–H and O–H groups in total. The van der Waals surface area contributed by atoms with Gasteiger partial charge in [-0.15, -0.1) is 0 Å². The molecule has 37 heavy (non-hydrogen) atoms. The molecule has 2 rings (SSSR count). The minimum absolute atomic E-state index is 0.224. The summed E-state index contributed by atoms with van der Waals surface area (Å²) in [6.07, 6.45) is 15.1. The Morgan fingerprint density at radius 3 is 1.68 bits per heavy atom. The molecule has 0 aliphatic carbocycles. The number of aromatic carboxylic acids is 1. The number of benzene rings is 2. The zero-order valence-electron chi connectivity index (χ0n) is 24.5. The Bertz CT molecular complexity index is 971. The van der Waals surface area contributed by atoms with E-state index in [1.54, 1.807) is 6.07 Å². The first kappa shape index (κ1) is 31.4. The van der Waals surface area contributed by atoms with Gasteiger partial charge in [0.15, 0.2) is 0 Å². The quantitative estimate of drug-likeness (QED) is 0.141. The standard InChI is InChI=1S/C31H52O4Si2/c1-7-9-11-13-15-19-23-36(3,4)34-29-25-28(31(32)33)30(27-22-18-17-21-26(27)29)35-37(5,6)24-20-16-14-12-10-8-2/h17-18,21-22,25H,7-16,19-20,23-24H2,1-6H3,(H,32,33). The van der Waals surface area contributed by atoms with E-state index >= 15 is 0 Å². The number of unbranched alkanes of at least 4 members (excludes halogenated alkanes) is 10. The fourth-order valence-corrected chi connectivity index (χ4v) is 8.95. The summed E-state index contributed by atoms with van der Waals surface area (Å²) in [6.45, 7) is 13.4. The average molecular weight is 545 g/mol. The monoisotopic (exact) mass is 544 g/mol. The largest absolute Gasteiger partial charge is 0.544 e. The molecule has 0 aliphatic rings. The number of rotatable bonds is 19. The van der Waals surface area contributed by atoms with Gasteiger partial charge in [0.2, 0.25) is 16.6 Å². The number of carboxylic acid groups (broad SMARTS) is 1. The second-order valence-electron chi connectivity index (χ2n) is 11.9. The van der Waals surface area contributed by atoms with Crippen LogP contribution in [0.1, 0.15) is 101 Å². The van der Waals surface area contributed by atoms with Crippen molar-refractivity contribution in [2.24, 2.45) is 0 Å². The maximum atomic E-state index is 12.4. The molecule has 0 spiro atoms. The summed E-state index contributed by atoms with van der Waals surface area (Å²) in [7, 11) is -4.11. The third-order valence-corrected chi connectivity index (χ3v) is 11.9. The molecular weight excluding hydrogens is 493 g/mol. The highest BCUT2D eigenvalue weighted by molar-refractivity contribution is 6.72. The number of carboxylic acids is 1. The second kappa shape index (κ2) is 15.6. The number of fused-ring (bicyclic) bond motifs is 1. The van der Waals surface area contributed by atoms with Gasteiger partial charge >= 0.3 is 5.97 Å². The molecule has 0 unspecified atom stereocenters. The fourth-order valence-electron chi connectivity index (χ4n) is 5.01. The zero-order valence-corrected chi connectivity index (χ0v) is 26.5.